The van der Waals surface area contributed by atoms with Crippen molar-refractivity contribution >= 4 is 22.8 Å². The zero-order chi connectivity index (χ0) is 26.7. The van der Waals surface area contributed by atoms with E-state index in [1.165, 1.54) is 42.6 Å². The van der Waals surface area contributed by atoms with E-state index in [1.807, 2.05) is 6.92 Å². The lowest BCUT2D eigenvalue weighted by molar-refractivity contribution is -0.386. The number of para-hydroxylation sites is 1. The van der Waals surface area contributed by atoms with Gasteiger partial charge in [-0.3, -0.25) is 14.9 Å². The Balaban J connectivity index is 1.85. The summed E-state index contributed by atoms with van der Waals surface area (Å²) < 4.78 is 46.5. The molecule has 3 aromatic carbocycles. The van der Waals surface area contributed by atoms with Crippen molar-refractivity contribution in [2.45, 2.75) is 32.5 Å². The summed E-state index contributed by atoms with van der Waals surface area (Å²) in [5, 5.41) is 16.0. The van der Waals surface area contributed by atoms with Crippen LogP contribution in [-0.4, -0.2) is 26.9 Å². The lowest BCUT2D eigenvalue weighted by Gasteiger charge is -2.13. The average molecular weight is 510 g/mol. The van der Waals surface area contributed by atoms with Gasteiger partial charge in [0.2, 0.25) is 0 Å². The van der Waals surface area contributed by atoms with Gasteiger partial charge in [-0.2, -0.15) is 22.9 Å². The zero-order valence-corrected chi connectivity index (χ0v) is 19.8. The van der Waals surface area contributed by atoms with Crippen molar-refractivity contribution < 1.29 is 22.8 Å². The topological polar surface area (TPSA) is 99.6 Å². The van der Waals surface area contributed by atoms with Crippen LogP contribution in [0, 0.1) is 10.1 Å². The Morgan fingerprint density at radius 2 is 1.89 bits per heavy atom. The summed E-state index contributed by atoms with van der Waals surface area (Å²) in [4.78, 5) is 28.7. The van der Waals surface area contributed by atoms with Gasteiger partial charge in [-0.05, 0) is 49.7 Å². The third kappa shape index (κ3) is 5.50. The second-order valence-electron chi connectivity index (χ2n) is 8.21. The molecule has 1 atom stereocenters. The van der Waals surface area contributed by atoms with Gasteiger partial charge in [0.25, 0.3) is 5.56 Å². The molecule has 1 heterocycles. The fraction of sp³-hybridized carbons (Fsp3) is 0.192. The molecule has 4 aromatic rings. The molecule has 0 radical (unpaired) electrons. The van der Waals surface area contributed by atoms with E-state index in [2.05, 4.69) is 10.1 Å². The molecule has 4 rings (SSSR count). The normalized spacial score (nSPS) is 12.7. The van der Waals surface area contributed by atoms with Crippen molar-refractivity contribution in [2.24, 2.45) is 5.10 Å². The van der Waals surface area contributed by atoms with Crippen LogP contribution in [0.15, 0.2) is 76.6 Å². The number of halogens is 3. The average Bonchev–Trinajstić information content (AvgIpc) is 2.88. The molecule has 0 bridgehead atoms. The van der Waals surface area contributed by atoms with E-state index >= 15 is 0 Å². The van der Waals surface area contributed by atoms with Crippen molar-refractivity contribution in [1.29, 1.82) is 0 Å². The van der Waals surface area contributed by atoms with Crippen LogP contribution in [0.4, 0.5) is 18.9 Å². The quantitative estimate of drug-likeness (QED) is 0.171. The Labute approximate surface area is 208 Å². The van der Waals surface area contributed by atoms with E-state index in [0.29, 0.717) is 6.42 Å². The van der Waals surface area contributed by atoms with Crippen LogP contribution in [0.1, 0.15) is 31.4 Å². The number of nitro benzene ring substituents is 1. The van der Waals surface area contributed by atoms with E-state index in [0.717, 1.165) is 16.8 Å². The van der Waals surface area contributed by atoms with E-state index < -0.39 is 22.2 Å². The Morgan fingerprint density at radius 3 is 2.59 bits per heavy atom. The third-order valence-corrected chi connectivity index (χ3v) is 5.61. The molecule has 1 aromatic heterocycles. The van der Waals surface area contributed by atoms with Crippen LogP contribution >= 0.6 is 0 Å². The van der Waals surface area contributed by atoms with Crippen molar-refractivity contribution in [2.75, 3.05) is 0 Å². The van der Waals surface area contributed by atoms with Crippen molar-refractivity contribution in [3.05, 3.63) is 98.3 Å². The summed E-state index contributed by atoms with van der Waals surface area (Å²) in [5.74, 6) is -0.0250. The standard InChI is InChI=1S/C26H21F3N4O4/c1-3-16(2)37-23-12-11-17(13-22(23)33(35)36)15-30-32-24(18-7-6-8-19(14-18)26(27,28)29)31-21-10-5-4-9-20(21)25(32)34/h4-16H,3H2,1-2H3/t16-/m0/s1. The van der Waals surface area contributed by atoms with Gasteiger partial charge in [0, 0.05) is 17.2 Å². The van der Waals surface area contributed by atoms with Gasteiger partial charge in [0.1, 0.15) is 0 Å². The van der Waals surface area contributed by atoms with Gasteiger partial charge in [-0.1, -0.05) is 31.2 Å². The highest BCUT2D eigenvalue weighted by molar-refractivity contribution is 5.83. The highest BCUT2D eigenvalue weighted by atomic mass is 19.4. The Bertz CT molecular complexity index is 1560. The third-order valence-electron chi connectivity index (χ3n) is 5.61. The second kappa shape index (κ2) is 10.2. The SMILES string of the molecule is CC[C@H](C)Oc1ccc(C=Nn2c(-c3cccc(C(F)(F)F)c3)nc3ccccc3c2=O)cc1[N+](=O)[O-]. The van der Waals surface area contributed by atoms with Gasteiger partial charge < -0.3 is 4.74 Å². The second-order valence-corrected chi connectivity index (χ2v) is 8.21. The Morgan fingerprint density at radius 1 is 1.14 bits per heavy atom. The largest absolute Gasteiger partial charge is 0.484 e. The van der Waals surface area contributed by atoms with E-state index in [-0.39, 0.29) is 45.4 Å². The summed E-state index contributed by atoms with van der Waals surface area (Å²) in [6, 6.07) is 15.0. The number of ether oxygens (including phenoxy) is 1. The molecule has 0 aliphatic carbocycles. The first-order chi connectivity index (χ1) is 17.6. The maximum Gasteiger partial charge on any atom is 0.416 e. The van der Waals surface area contributed by atoms with Crippen LogP contribution in [0.5, 0.6) is 5.75 Å². The number of benzene rings is 3. The molecule has 37 heavy (non-hydrogen) atoms. The summed E-state index contributed by atoms with van der Waals surface area (Å²) >= 11 is 0. The number of nitrogens with zero attached hydrogens (tertiary/aromatic N) is 4. The van der Waals surface area contributed by atoms with Crippen molar-refractivity contribution in [3.8, 4) is 17.1 Å². The predicted molar refractivity (Wildman–Crippen MR) is 133 cm³/mol. The smallest absolute Gasteiger partial charge is 0.416 e. The summed E-state index contributed by atoms with van der Waals surface area (Å²) in [7, 11) is 0. The number of fused-ring (bicyclic) bond motifs is 1. The van der Waals surface area contributed by atoms with Gasteiger partial charge >= 0.3 is 11.9 Å². The van der Waals surface area contributed by atoms with Gasteiger partial charge in [-0.25, -0.2) is 4.98 Å². The summed E-state index contributed by atoms with van der Waals surface area (Å²) in [6.45, 7) is 3.67. The fourth-order valence-corrected chi connectivity index (χ4v) is 3.53. The monoisotopic (exact) mass is 510 g/mol. The van der Waals surface area contributed by atoms with Crippen LogP contribution in [0.25, 0.3) is 22.3 Å². The first-order valence-corrected chi connectivity index (χ1v) is 11.3. The number of alkyl halides is 3. The molecule has 0 saturated heterocycles. The Kier molecular flexibility index (Phi) is 7.05. The summed E-state index contributed by atoms with van der Waals surface area (Å²) in [5.41, 5.74) is -1.22. The van der Waals surface area contributed by atoms with Gasteiger partial charge in [-0.15, -0.1) is 0 Å². The molecule has 0 saturated carbocycles. The molecular weight excluding hydrogens is 489 g/mol. The minimum atomic E-state index is -4.60. The number of hydrogen-bond donors (Lipinski definition) is 0. The van der Waals surface area contributed by atoms with Crippen LogP contribution in [-0.2, 0) is 6.18 Å². The molecule has 0 spiro atoms. The van der Waals surface area contributed by atoms with Crippen LogP contribution in [0.2, 0.25) is 0 Å². The van der Waals surface area contributed by atoms with Gasteiger partial charge in [0.05, 0.1) is 33.7 Å². The first-order valence-electron chi connectivity index (χ1n) is 11.3. The van der Waals surface area contributed by atoms with E-state index in [4.69, 9.17) is 4.74 Å². The van der Waals surface area contributed by atoms with E-state index in [1.54, 1.807) is 25.1 Å². The van der Waals surface area contributed by atoms with Crippen LogP contribution in [0.3, 0.4) is 0 Å². The molecule has 0 N–H and O–H groups in total. The highest BCUT2D eigenvalue weighted by Gasteiger charge is 2.31. The molecular formula is C26H21F3N4O4. The maximum absolute atomic E-state index is 13.3. The molecule has 190 valence electrons. The number of nitro groups is 1. The molecule has 0 aliphatic rings. The molecule has 0 amide bonds. The van der Waals surface area contributed by atoms with Crippen molar-refractivity contribution in [1.82, 2.24) is 9.66 Å². The van der Waals surface area contributed by atoms with Gasteiger partial charge in [0.15, 0.2) is 11.6 Å². The van der Waals surface area contributed by atoms with Crippen LogP contribution < -0.4 is 10.3 Å². The number of rotatable bonds is 7. The minimum absolute atomic E-state index is 0.0260. The lowest BCUT2D eigenvalue weighted by atomic mass is 10.1. The summed E-state index contributed by atoms with van der Waals surface area (Å²) in [6.07, 6.45) is -2.99. The first kappa shape index (κ1) is 25.5. The fourth-order valence-electron chi connectivity index (χ4n) is 3.53. The maximum atomic E-state index is 13.3. The molecule has 8 nitrogen and oxygen atoms in total. The molecule has 0 fully saturated rings. The highest BCUT2D eigenvalue weighted by Crippen LogP contribution is 2.32. The molecule has 0 aliphatic heterocycles. The molecule has 0 unspecified atom stereocenters. The van der Waals surface area contributed by atoms with Crippen molar-refractivity contribution in [3.63, 3.8) is 0 Å². The number of hydrogen-bond acceptors (Lipinski definition) is 6. The zero-order valence-electron chi connectivity index (χ0n) is 19.8. The predicted octanol–water partition coefficient (Wildman–Crippen LogP) is 6.05. The molecule has 11 heteroatoms. The number of aromatic nitrogens is 2. The van der Waals surface area contributed by atoms with E-state index in [9.17, 15) is 28.1 Å². The lowest BCUT2D eigenvalue weighted by Crippen LogP contribution is -2.20. The Hall–Kier alpha value is -4.54. The minimum Gasteiger partial charge on any atom is -0.484 e.